The quantitative estimate of drug-likeness (QED) is 0.728. The van der Waals surface area contributed by atoms with Crippen molar-refractivity contribution in [3.8, 4) is 0 Å². The van der Waals surface area contributed by atoms with Crippen molar-refractivity contribution in [1.82, 2.24) is 0 Å². The second-order valence-electron chi connectivity index (χ2n) is 8.31. The molecule has 19 heavy (non-hydrogen) atoms. The van der Waals surface area contributed by atoms with Crippen LogP contribution in [0.5, 0.6) is 0 Å². The molecular formula is C18H34O. The minimum Gasteiger partial charge on any atom is -0.390 e. The molecule has 2 saturated carbocycles. The Kier molecular flexibility index (Phi) is 4.65. The monoisotopic (exact) mass is 266 g/mol. The zero-order chi connectivity index (χ0) is 14.1. The number of aliphatic hydroxyl groups is 1. The maximum atomic E-state index is 9.83. The number of hydrogen-bond acceptors (Lipinski definition) is 1. The first-order valence-corrected chi connectivity index (χ1v) is 8.55. The molecule has 2 fully saturated rings. The largest absolute Gasteiger partial charge is 0.390 e. The molecule has 2 aliphatic rings. The predicted octanol–water partition coefficient (Wildman–Crippen LogP) is 5.17. The van der Waals surface area contributed by atoms with Gasteiger partial charge in [0.05, 0.1) is 5.60 Å². The first kappa shape index (κ1) is 15.4. The van der Waals surface area contributed by atoms with Gasteiger partial charge >= 0.3 is 0 Å². The summed E-state index contributed by atoms with van der Waals surface area (Å²) in [5, 5.41) is 9.83. The van der Waals surface area contributed by atoms with Gasteiger partial charge in [-0.1, -0.05) is 39.5 Å². The third kappa shape index (κ3) is 3.54. The molecule has 0 bridgehead atoms. The Balaban J connectivity index is 1.87. The van der Waals surface area contributed by atoms with Crippen molar-refractivity contribution in [2.24, 2.45) is 23.2 Å². The summed E-state index contributed by atoms with van der Waals surface area (Å²) in [6.45, 7) is 8.93. The highest BCUT2D eigenvalue weighted by molar-refractivity contribution is 4.98. The number of fused-ring (bicyclic) bond motifs is 1. The summed E-state index contributed by atoms with van der Waals surface area (Å²) in [4.78, 5) is 0. The molecule has 0 aromatic heterocycles. The van der Waals surface area contributed by atoms with Crippen LogP contribution in [0.3, 0.4) is 0 Å². The molecule has 4 atom stereocenters. The van der Waals surface area contributed by atoms with Gasteiger partial charge in [0.2, 0.25) is 0 Å². The molecular weight excluding hydrogens is 232 g/mol. The smallest absolute Gasteiger partial charge is 0.0591 e. The van der Waals surface area contributed by atoms with Gasteiger partial charge in [0.1, 0.15) is 0 Å². The molecule has 0 radical (unpaired) electrons. The highest BCUT2D eigenvalue weighted by atomic mass is 16.3. The maximum Gasteiger partial charge on any atom is 0.0591 e. The lowest BCUT2D eigenvalue weighted by Gasteiger charge is -2.43. The van der Waals surface area contributed by atoms with E-state index in [1.165, 1.54) is 51.4 Å². The minimum absolute atomic E-state index is 0.479. The third-order valence-corrected chi connectivity index (χ3v) is 6.26. The van der Waals surface area contributed by atoms with E-state index < -0.39 is 5.60 Å². The summed E-state index contributed by atoms with van der Waals surface area (Å²) in [5.74, 6) is 2.80. The fourth-order valence-electron chi connectivity index (χ4n) is 5.10. The van der Waals surface area contributed by atoms with Gasteiger partial charge in [-0.15, -0.1) is 0 Å². The molecule has 0 aliphatic heterocycles. The van der Waals surface area contributed by atoms with E-state index in [-0.39, 0.29) is 0 Å². The number of rotatable bonds is 5. The van der Waals surface area contributed by atoms with Gasteiger partial charge in [-0.2, -0.15) is 0 Å². The molecule has 2 aliphatic carbocycles. The van der Waals surface area contributed by atoms with Gasteiger partial charge in [0, 0.05) is 0 Å². The van der Waals surface area contributed by atoms with Crippen LogP contribution in [0.4, 0.5) is 0 Å². The summed E-state index contributed by atoms with van der Waals surface area (Å²) in [7, 11) is 0. The standard InChI is InChI=1S/C18H34O/c1-14(8-7-12-17(2,3)19)16-11-10-15-9-5-6-13-18(15,16)4/h14-16,19H,5-13H2,1-4H3/t14-,15+,16-,18-/m1/s1. The second kappa shape index (κ2) is 5.76. The van der Waals surface area contributed by atoms with Crippen LogP contribution in [-0.2, 0) is 0 Å². The van der Waals surface area contributed by atoms with Gasteiger partial charge in [-0.3, -0.25) is 0 Å². The molecule has 1 nitrogen and oxygen atoms in total. The lowest BCUT2D eigenvalue weighted by Crippen LogP contribution is -2.34. The van der Waals surface area contributed by atoms with Crippen LogP contribution >= 0.6 is 0 Å². The van der Waals surface area contributed by atoms with Crippen molar-refractivity contribution < 1.29 is 5.11 Å². The minimum atomic E-state index is -0.479. The first-order valence-electron chi connectivity index (χ1n) is 8.55. The Hall–Kier alpha value is -0.0400. The zero-order valence-electron chi connectivity index (χ0n) is 13.5. The van der Waals surface area contributed by atoms with E-state index in [0.29, 0.717) is 5.41 Å². The van der Waals surface area contributed by atoms with Crippen LogP contribution < -0.4 is 0 Å². The van der Waals surface area contributed by atoms with Crippen molar-refractivity contribution in [2.45, 2.75) is 91.1 Å². The van der Waals surface area contributed by atoms with E-state index in [2.05, 4.69) is 13.8 Å². The first-order chi connectivity index (χ1) is 8.83. The van der Waals surface area contributed by atoms with Crippen molar-refractivity contribution in [1.29, 1.82) is 0 Å². The summed E-state index contributed by atoms with van der Waals surface area (Å²) in [6, 6.07) is 0. The molecule has 0 amide bonds. The molecule has 2 rings (SSSR count). The van der Waals surface area contributed by atoms with Gasteiger partial charge in [0.25, 0.3) is 0 Å². The van der Waals surface area contributed by atoms with Gasteiger partial charge < -0.3 is 5.11 Å². The van der Waals surface area contributed by atoms with Crippen LogP contribution in [-0.4, -0.2) is 10.7 Å². The van der Waals surface area contributed by atoms with Crippen molar-refractivity contribution in [2.75, 3.05) is 0 Å². The van der Waals surface area contributed by atoms with E-state index in [9.17, 15) is 5.11 Å². The predicted molar refractivity (Wildman–Crippen MR) is 82.1 cm³/mol. The normalized spacial score (nSPS) is 37.1. The maximum absolute atomic E-state index is 9.83. The van der Waals surface area contributed by atoms with E-state index in [0.717, 1.165) is 24.2 Å². The Morgan fingerprint density at radius 3 is 2.63 bits per heavy atom. The van der Waals surface area contributed by atoms with Crippen LogP contribution in [0.2, 0.25) is 0 Å². The number of hydrogen-bond donors (Lipinski definition) is 1. The van der Waals surface area contributed by atoms with Crippen molar-refractivity contribution in [3.63, 3.8) is 0 Å². The van der Waals surface area contributed by atoms with Crippen LogP contribution in [0.1, 0.15) is 85.5 Å². The summed E-state index contributed by atoms with van der Waals surface area (Å²) in [5.41, 5.74) is 0.166. The summed E-state index contributed by atoms with van der Waals surface area (Å²) in [6.07, 6.45) is 12.3. The van der Waals surface area contributed by atoms with Crippen LogP contribution in [0.25, 0.3) is 0 Å². The second-order valence-corrected chi connectivity index (χ2v) is 8.31. The topological polar surface area (TPSA) is 20.2 Å². The van der Waals surface area contributed by atoms with E-state index >= 15 is 0 Å². The summed E-state index contributed by atoms with van der Waals surface area (Å²) < 4.78 is 0. The molecule has 1 N–H and O–H groups in total. The van der Waals surface area contributed by atoms with Crippen molar-refractivity contribution in [3.05, 3.63) is 0 Å². The highest BCUT2D eigenvalue weighted by Crippen LogP contribution is 2.58. The van der Waals surface area contributed by atoms with E-state index in [1.807, 2.05) is 13.8 Å². The van der Waals surface area contributed by atoms with Gasteiger partial charge in [-0.05, 0) is 69.1 Å². The van der Waals surface area contributed by atoms with Crippen LogP contribution in [0, 0.1) is 23.2 Å². The molecule has 0 saturated heterocycles. The molecule has 0 aromatic carbocycles. The third-order valence-electron chi connectivity index (χ3n) is 6.26. The average Bonchev–Trinajstić information content (AvgIpc) is 2.64. The fourth-order valence-corrected chi connectivity index (χ4v) is 5.10. The molecule has 0 spiro atoms. The lowest BCUT2D eigenvalue weighted by molar-refractivity contribution is 0.0522. The lowest BCUT2D eigenvalue weighted by atomic mass is 9.62. The highest BCUT2D eigenvalue weighted by Gasteiger charge is 2.48. The molecule has 112 valence electrons. The van der Waals surface area contributed by atoms with Crippen LogP contribution in [0.15, 0.2) is 0 Å². The Labute approximate surface area is 120 Å². The average molecular weight is 266 g/mol. The molecule has 0 unspecified atom stereocenters. The van der Waals surface area contributed by atoms with Crippen molar-refractivity contribution >= 4 is 0 Å². The molecule has 1 heteroatoms. The van der Waals surface area contributed by atoms with E-state index in [4.69, 9.17) is 0 Å². The van der Waals surface area contributed by atoms with Gasteiger partial charge in [-0.25, -0.2) is 0 Å². The fraction of sp³-hybridized carbons (Fsp3) is 1.00. The zero-order valence-corrected chi connectivity index (χ0v) is 13.5. The Bertz CT molecular complexity index is 291. The van der Waals surface area contributed by atoms with Gasteiger partial charge in [0.15, 0.2) is 0 Å². The molecule has 0 aromatic rings. The Morgan fingerprint density at radius 2 is 1.95 bits per heavy atom. The Morgan fingerprint density at radius 1 is 1.21 bits per heavy atom. The SMILES string of the molecule is C[C@H](CCCC(C)(C)O)[C@H]1CC[C@@H]2CCCC[C@]21C. The molecule has 0 heterocycles. The van der Waals surface area contributed by atoms with E-state index in [1.54, 1.807) is 0 Å². The summed E-state index contributed by atoms with van der Waals surface area (Å²) >= 11 is 0.